The van der Waals surface area contributed by atoms with Crippen molar-refractivity contribution in [3.63, 3.8) is 0 Å². The zero-order valence-electron chi connectivity index (χ0n) is 16.4. The molecule has 1 aromatic rings. The van der Waals surface area contributed by atoms with Crippen LogP contribution in [-0.2, 0) is 11.2 Å². The molecule has 2 saturated carbocycles. The highest BCUT2D eigenvalue weighted by molar-refractivity contribution is 5.69. The maximum atomic E-state index is 11.2. The minimum atomic E-state index is -0.262. The SMILES string of the molecule is CC(=O)Oc1ccc2c(c1)CC[C@@H]1[C@@H]2CC[C@]2(C)C(N(C)C)[C@H](O)C[C@@H]12. The highest BCUT2D eigenvalue weighted by atomic mass is 16.5. The lowest BCUT2D eigenvalue weighted by Gasteiger charge is -2.51. The molecule has 4 heteroatoms. The van der Waals surface area contributed by atoms with E-state index in [4.69, 9.17) is 4.74 Å². The summed E-state index contributed by atoms with van der Waals surface area (Å²) in [5.74, 6) is 2.22. The summed E-state index contributed by atoms with van der Waals surface area (Å²) in [7, 11) is 4.22. The molecule has 0 aromatic heterocycles. The van der Waals surface area contributed by atoms with Crippen LogP contribution >= 0.6 is 0 Å². The van der Waals surface area contributed by atoms with Crippen LogP contribution in [0.4, 0.5) is 0 Å². The van der Waals surface area contributed by atoms with E-state index in [1.807, 2.05) is 6.07 Å². The average molecular weight is 357 g/mol. The Labute approximate surface area is 156 Å². The Morgan fingerprint density at radius 1 is 1.31 bits per heavy atom. The Balaban J connectivity index is 1.63. The van der Waals surface area contributed by atoms with Crippen molar-refractivity contribution in [2.45, 2.75) is 64.0 Å². The first-order valence-corrected chi connectivity index (χ1v) is 9.97. The number of hydrogen-bond acceptors (Lipinski definition) is 4. The fourth-order valence-electron chi connectivity index (χ4n) is 6.71. The molecular weight excluding hydrogens is 326 g/mol. The number of fused-ring (bicyclic) bond motifs is 5. The zero-order valence-corrected chi connectivity index (χ0v) is 16.4. The maximum absolute atomic E-state index is 11.2. The number of ether oxygens (including phenoxy) is 1. The summed E-state index contributed by atoms with van der Waals surface area (Å²) in [5.41, 5.74) is 3.00. The summed E-state index contributed by atoms with van der Waals surface area (Å²) in [5, 5.41) is 10.8. The number of esters is 1. The summed E-state index contributed by atoms with van der Waals surface area (Å²) < 4.78 is 5.28. The largest absolute Gasteiger partial charge is 0.427 e. The van der Waals surface area contributed by atoms with Gasteiger partial charge in [0.15, 0.2) is 0 Å². The van der Waals surface area contributed by atoms with Crippen molar-refractivity contribution in [1.82, 2.24) is 4.90 Å². The van der Waals surface area contributed by atoms with Gasteiger partial charge in [-0.1, -0.05) is 13.0 Å². The molecule has 142 valence electrons. The number of benzene rings is 1. The lowest BCUT2D eigenvalue weighted by molar-refractivity contribution is -0.131. The van der Waals surface area contributed by atoms with Crippen molar-refractivity contribution in [1.29, 1.82) is 0 Å². The number of aliphatic hydroxyl groups excluding tert-OH is 1. The van der Waals surface area contributed by atoms with Gasteiger partial charge in [-0.2, -0.15) is 0 Å². The smallest absolute Gasteiger partial charge is 0.308 e. The maximum Gasteiger partial charge on any atom is 0.308 e. The van der Waals surface area contributed by atoms with E-state index >= 15 is 0 Å². The van der Waals surface area contributed by atoms with Gasteiger partial charge in [0.25, 0.3) is 0 Å². The molecule has 0 spiro atoms. The minimum absolute atomic E-state index is 0.208. The number of likely N-dealkylation sites (N-methyl/N-ethyl adjacent to an activating group) is 1. The Bertz CT molecular complexity index is 715. The van der Waals surface area contributed by atoms with Gasteiger partial charge in [0.1, 0.15) is 5.75 Å². The molecule has 4 nitrogen and oxygen atoms in total. The summed E-state index contributed by atoms with van der Waals surface area (Å²) in [6.45, 7) is 3.86. The van der Waals surface area contributed by atoms with Gasteiger partial charge in [-0.15, -0.1) is 0 Å². The highest BCUT2D eigenvalue weighted by Gasteiger charge is 2.58. The molecule has 1 unspecified atom stereocenters. The number of carbonyl (C=O) groups excluding carboxylic acids is 1. The van der Waals surface area contributed by atoms with E-state index in [9.17, 15) is 9.90 Å². The van der Waals surface area contributed by atoms with Gasteiger partial charge in [-0.3, -0.25) is 4.79 Å². The van der Waals surface area contributed by atoms with E-state index in [1.165, 1.54) is 37.3 Å². The van der Waals surface area contributed by atoms with Crippen molar-refractivity contribution in [3.05, 3.63) is 29.3 Å². The van der Waals surface area contributed by atoms with E-state index in [-0.39, 0.29) is 23.5 Å². The Hall–Kier alpha value is -1.39. The second-order valence-corrected chi connectivity index (χ2v) is 9.13. The van der Waals surface area contributed by atoms with Crippen LogP contribution in [-0.4, -0.2) is 42.2 Å². The molecule has 0 amide bonds. The van der Waals surface area contributed by atoms with E-state index in [0.29, 0.717) is 23.5 Å². The summed E-state index contributed by atoms with van der Waals surface area (Å²) in [6.07, 6.45) is 5.29. The Morgan fingerprint density at radius 3 is 2.77 bits per heavy atom. The van der Waals surface area contributed by atoms with Crippen LogP contribution in [0.5, 0.6) is 5.75 Å². The van der Waals surface area contributed by atoms with Crippen molar-refractivity contribution in [2.75, 3.05) is 14.1 Å². The standard InChI is InChI=1S/C22H31NO3/c1-13(24)26-15-6-8-16-14(11-15)5-7-18-17(16)9-10-22(2)19(18)12-20(25)21(22)23(3)4/h6,8,11,17-21,25H,5,7,9-10,12H2,1-4H3/t17-,18-,19+,20-,21?,22+/m1/s1. The van der Waals surface area contributed by atoms with Crippen LogP contribution in [0.2, 0.25) is 0 Å². The first-order chi connectivity index (χ1) is 12.3. The van der Waals surface area contributed by atoms with Crippen LogP contribution in [0.1, 0.15) is 56.6 Å². The monoisotopic (exact) mass is 357 g/mol. The number of hydrogen-bond donors (Lipinski definition) is 1. The topological polar surface area (TPSA) is 49.8 Å². The third kappa shape index (κ3) is 2.69. The highest BCUT2D eigenvalue weighted by Crippen LogP contribution is 2.61. The number of nitrogens with zero attached hydrogens (tertiary/aromatic N) is 1. The predicted octanol–water partition coefficient (Wildman–Crippen LogP) is 3.37. The molecule has 3 aliphatic carbocycles. The van der Waals surface area contributed by atoms with E-state index in [2.05, 4.69) is 38.1 Å². The summed E-state index contributed by atoms with van der Waals surface area (Å²) in [6, 6.07) is 6.46. The molecule has 2 fully saturated rings. The fourth-order valence-corrected chi connectivity index (χ4v) is 6.71. The second-order valence-electron chi connectivity index (χ2n) is 9.13. The molecule has 0 heterocycles. The number of rotatable bonds is 2. The molecular formula is C22H31NO3. The van der Waals surface area contributed by atoms with Crippen molar-refractivity contribution >= 4 is 5.97 Å². The number of aryl methyl sites for hydroxylation is 1. The van der Waals surface area contributed by atoms with E-state index < -0.39 is 0 Å². The molecule has 1 N–H and O–H groups in total. The lowest BCUT2D eigenvalue weighted by atomic mass is 9.55. The summed E-state index contributed by atoms with van der Waals surface area (Å²) >= 11 is 0. The molecule has 1 aromatic carbocycles. The molecule has 26 heavy (non-hydrogen) atoms. The Kier molecular flexibility index (Phi) is 4.39. The summed E-state index contributed by atoms with van der Waals surface area (Å²) in [4.78, 5) is 13.5. The molecule has 4 rings (SSSR count). The van der Waals surface area contributed by atoms with Gasteiger partial charge in [0.2, 0.25) is 0 Å². The number of carbonyl (C=O) groups is 1. The second kappa shape index (κ2) is 6.35. The zero-order chi connectivity index (χ0) is 18.6. The van der Waals surface area contributed by atoms with Gasteiger partial charge >= 0.3 is 5.97 Å². The first-order valence-electron chi connectivity index (χ1n) is 9.97. The van der Waals surface area contributed by atoms with Crippen LogP contribution in [0.15, 0.2) is 18.2 Å². The fraction of sp³-hybridized carbons (Fsp3) is 0.682. The molecule has 3 aliphatic rings. The van der Waals surface area contributed by atoms with Crippen LogP contribution in [0.3, 0.4) is 0 Å². The van der Waals surface area contributed by atoms with Gasteiger partial charge in [-0.05, 0) is 92.6 Å². The molecule has 0 saturated heterocycles. The van der Waals surface area contributed by atoms with Gasteiger partial charge < -0.3 is 14.7 Å². The number of aliphatic hydroxyl groups is 1. The first kappa shape index (κ1) is 18.0. The molecule has 6 atom stereocenters. The normalized spacial score (nSPS) is 38.5. The predicted molar refractivity (Wildman–Crippen MR) is 101 cm³/mol. The van der Waals surface area contributed by atoms with Crippen molar-refractivity contribution in [3.8, 4) is 5.75 Å². The third-order valence-corrected chi connectivity index (χ3v) is 7.49. The van der Waals surface area contributed by atoms with E-state index in [1.54, 1.807) is 0 Å². The van der Waals surface area contributed by atoms with Crippen molar-refractivity contribution < 1.29 is 14.6 Å². The van der Waals surface area contributed by atoms with Gasteiger partial charge in [0.05, 0.1) is 6.10 Å². The minimum Gasteiger partial charge on any atom is -0.427 e. The molecule has 0 bridgehead atoms. The third-order valence-electron chi connectivity index (χ3n) is 7.49. The average Bonchev–Trinajstić information content (AvgIpc) is 2.84. The Morgan fingerprint density at radius 2 is 2.08 bits per heavy atom. The van der Waals surface area contributed by atoms with Crippen LogP contribution in [0, 0.1) is 17.3 Å². The quantitative estimate of drug-likeness (QED) is 0.651. The van der Waals surface area contributed by atoms with Crippen LogP contribution < -0.4 is 4.74 Å². The van der Waals surface area contributed by atoms with E-state index in [0.717, 1.165) is 12.8 Å². The van der Waals surface area contributed by atoms with Crippen molar-refractivity contribution in [2.24, 2.45) is 17.3 Å². The van der Waals surface area contributed by atoms with Gasteiger partial charge in [-0.25, -0.2) is 0 Å². The molecule has 0 radical (unpaired) electrons. The van der Waals surface area contributed by atoms with Gasteiger partial charge in [0, 0.05) is 13.0 Å². The molecule has 0 aliphatic heterocycles. The lowest BCUT2D eigenvalue weighted by Crippen LogP contribution is -2.50. The van der Waals surface area contributed by atoms with Crippen LogP contribution in [0.25, 0.3) is 0 Å².